The summed E-state index contributed by atoms with van der Waals surface area (Å²) in [6.45, 7) is 3.38. The van der Waals surface area contributed by atoms with E-state index in [1.807, 2.05) is 0 Å². The van der Waals surface area contributed by atoms with Crippen LogP contribution in [0.25, 0.3) is 0 Å². The number of imide groups is 1. The fourth-order valence-corrected chi connectivity index (χ4v) is 3.44. The van der Waals surface area contributed by atoms with Crippen molar-refractivity contribution in [1.82, 2.24) is 9.88 Å². The third-order valence-corrected chi connectivity index (χ3v) is 5.32. The molecule has 190 valence electrons. The Morgan fingerprint density at radius 3 is 2.09 bits per heavy atom. The topological polar surface area (TPSA) is 117 Å². The highest BCUT2D eigenvalue weighted by atomic mass is 32.2. The van der Waals surface area contributed by atoms with Crippen LogP contribution in [0, 0.1) is 0 Å². The number of halogens is 6. The lowest BCUT2D eigenvalue weighted by Crippen LogP contribution is -2.43. The van der Waals surface area contributed by atoms with E-state index >= 15 is 0 Å². The Morgan fingerprint density at radius 1 is 1.09 bits per heavy atom. The molecule has 3 amide bonds. The molecule has 1 aliphatic heterocycles. The van der Waals surface area contributed by atoms with E-state index in [1.54, 1.807) is 26.0 Å². The zero-order valence-corrected chi connectivity index (χ0v) is 18.8. The smallest absolute Gasteiger partial charge is 0.475 e. The van der Waals surface area contributed by atoms with Crippen molar-refractivity contribution < 1.29 is 45.8 Å². The number of carbonyl (C=O) groups excluding carboxylic acids is 2. The van der Waals surface area contributed by atoms with Crippen LogP contribution in [-0.2, 0) is 16.1 Å². The molecule has 0 aliphatic carbocycles. The van der Waals surface area contributed by atoms with E-state index in [-0.39, 0.29) is 28.9 Å². The number of nitrogen functional groups attached to an aromatic ring is 1. The molecule has 1 aromatic heterocycles. The molecule has 1 fully saturated rings. The summed E-state index contributed by atoms with van der Waals surface area (Å²) < 4.78 is 69.2. The number of carboxylic acids is 1. The van der Waals surface area contributed by atoms with E-state index in [0.717, 1.165) is 4.90 Å². The van der Waals surface area contributed by atoms with E-state index < -0.39 is 35.1 Å². The average Bonchev–Trinajstić information content (AvgIpc) is 2.87. The number of carboxylic acid groups (broad SMARTS) is 1. The summed E-state index contributed by atoms with van der Waals surface area (Å²) in [5.41, 5.74) is 1.05. The normalized spacial score (nSPS) is 15.7. The molecule has 0 saturated carbocycles. The monoisotopic (exact) mass is 524 g/mol. The number of urea groups is 1. The summed E-state index contributed by atoms with van der Waals surface area (Å²) in [5.74, 6) is -2.92. The Morgan fingerprint density at radius 2 is 1.63 bits per heavy atom. The van der Waals surface area contributed by atoms with Gasteiger partial charge in [-0.25, -0.2) is 19.5 Å². The molecule has 8 nitrogen and oxygen atoms in total. The Kier molecular flexibility index (Phi) is 7.94. The molecule has 1 saturated heterocycles. The van der Waals surface area contributed by atoms with Gasteiger partial charge in [-0.05, 0) is 67.6 Å². The van der Waals surface area contributed by atoms with Gasteiger partial charge < -0.3 is 15.7 Å². The molecule has 0 atom stereocenters. The number of carbonyl (C=O) groups is 3. The van der Waals surface area contributed by atoms with Crippen LogP contribution in [0.2, 0.25) is 0 Å². The van der Waals surface area contributed by atoms with Crippen LogP contribution in [0.15, 0.2) is 47.5 Å². The van der Waals surface area contributed by atoms with Gasteiger partial charge in [-0.2, -0.15) is 26.3 Å². The molecular weight excluding hydrogens is 506 g/mol. The number of pyridine rings is 1. The number of aromatic nitrogens is 1. The van der Waals surface area contributed by atoms with Gasteiger partial charge in [0, 0.05) is 17.6 Å². The number of aliphatic carboxylic acids is 1. The third kappa shape index (κ3) is 7.00. The van der Waals surface area contributed by atoms with E-state index in [2.05, 4.69) is 4.98 Å². The standard InChI is InChI=1S/C18H17F3N4O2S.C2HF3O2/c1-17(2)15(26)25(12-3-5-13(6-4-12)28-18(19,20)21)16(27)24(17)10-11-7-8-23-14(22)9-11;3-2(4,5)1(6)7/h3-9H,10H2,1-2H3,(H2,22,23);(H,6,7). The molecule has 1 aromatic carbocycles. The van der Waals surface area contributed by atoms with Gasteiger partial charge in [-0.15, -0.1) is 0 Å². The zero-order chi connectivity index (χ0) is 26.8. The van der Waals surface area contributed by atoms with Gasteiger partial charge in [-0.1, -0.05) is 0 Å². The zero-order valence-electron chi connectivity index (χ0n) is 18.0. The number of hydrogen-bond acceptors (Lipinski definition) is 6. The molecule has 0 radical (unpaired) electrons. The van der Waals surface area contributed by atoms with Gasteiger partial charge in [0.25, 0.3) is 5.91 Å². The summed E-state index contributed by atoms with van der Waals surface area (Å²) in [6, 6.07) is 7.86. The molecule has 0 spiro atoms. The van der Waals surface area contributed by atoms with Gasteiger partial charge >= 0.3 is 23.7 Å². The molecular formula is C20H18F6N4O4S. The molecule has 3 rings (SSSR count). The second kappa shape index (κ2) is 10.0. The number of thioether (sulfide) groups is 1. The van der Waals surface area contributed by atoms with E-state index in [1.165, 1.54) is 35.4 Å². The van der Waals surface area contributed by atoms with Crippen LogP contribution in [0.1, 0.15) is 19.4 Å². The minimum Gasteiger partial charge on any atom is -0.475 e. The Bertz CT molecular complexity index is 1110. The summed E-state index contributed by atoms with van der Waals surface area (Å²) in [4.78, 5) is 40.9. The maximum atomic E-state index is 12.9. The molecule has 0 bridgehead atoms. The Hall–Kier alpha value is -3.49. The summed E-state index contributed by atoms with van der Waals surface area (Å²) >= 11 is -0.260. The first-order valence-corrected chi connectivity index (χ1v) is 10.3. The van der Waals surface area contributed by atoms with Crippen LogP contribution >= 0.6 is 11.8 Å². The number of amides is 3. The maximum Gasteiger partial charge on any atom is 0.490 e. The van der Waals surface area contributed by atoms with Crippen molar-refractivity contribution in [3.05, 3.63) is 48.2 Å². The second-order valence-corrected chi connectivity index (χ2v) is 8.64. The minimum atomic E-state index is -5.08. The molecule has 2 aromatic rings. The van der Waals surface area contributed by atoms with Crippen molar-refractivity contribution in [2.75, 3.05) is 10.6 Å². The molecule has 15 heteroatoms. The van der Waals surface area contributed by atoms with Gasteiger partial charge in [0.05, 0.1) is 5.69 Å². The first kappa shape index (κ1) is 27.8. The van der Waals surface area contributed by atoms with Crippen molar-refractivity contribution in [2.45, 2.75) is 42.5 Å². The summed E-state index contributed by atoms with van der Waals surface area (Å²) in [6.07, 6.45) is -3.57. The molecule has 2 heterocycles. The largest absolute Gasteiger partial charge is 0.490 e. The number of benzene rings is 1. The number of nitrogens with two attached hydrogens (primary N) is 1. The number of alkyl halides is 6. The van der Waals surface area contributed by atoms with Gasteiger partial charge in [-0.3, -0.25) is 4.79 Å². The fraction of sp³-hybridized carbons (Fsp3) is 0.300. The number of nitrogens with zero attached hydrogens (tertiary/aromatic N) is 3. The summed E-state index contributed by atoms with van der Waals surface area (Å²) in [5, 5.41) is 7.12. The summed E-state index contributed by atoms with van der Waals surface area (Å²) in [7, 11) is 0. The highest BCUT2D eigenvalue weighted by molar-refractivity contribution is 8.00. The van der Waals surface area contributed by atoms with Crippen LogP contribution < -0.4 is 10.6 Å². The van der Waals surface area contributed by atoms with E-state index in [9.17, 15) is 35.9 Å². The quantitative estimate of drug-likeness (QED) is 0.340. The Labute approximate surface area is 198 Å². The number of hydrogen-bond donors (Lipinski definition) is 2. The third-order valence-electron chi connectivity index (χ3n) is 4.58. The first-order valence-electron chi connectivity index (χ1n) is 9.46. The van der Waals surface area contributed by atoms with Crippen LogP contribution in [0.5, 0.6) is 0 Å². The number of anilines is 2. The predicted molar refractivity (Wildman–Crippen MR) is 113 cm³/mol. The predicted octanol–water partition coefficient (Wildman–Crippen LogP) is 4.66. The van der Waals surface area contributed by atoms with Crippen molar-refractivity contribution in [1.29, 1.82) is 0 Å². The van der Waals surface area contributed by atoms with Crippen LogP contribution in [-0.4, -0.2) is 50.1 Å². The minimum absolute atomic E-state index is 0.0290. The lowest BCUT2D eigenvalue weighted by atomic mass is 10.0. The lowest BCUT2D eigenvalue weighted by molar-refractivity contribution is -0.192. The highest BCUT2D eigenvalue weighted by Gasteiger charge is 2.51. The lowest BCUT2D eigenvalue weighted by Gasteiger charge is -2.27. The van der Waals surface area contributed by atoms with E-state index in [0.29, 0.717) is 11.4 Å². The first-order chi connectivity index (χ1) is 15.9. The van der Waals surface area contributed by atoms with Crippen LogP contribution in [0.3, 0.4) is 0 Å². The molecule has 1 aliphatic rings. The van der Waals surface area contributed by atoms with Crippen molar-refractivity contribution in [3.8, 4) is 0 Å². The highest BCUT2D eigenvalue weighted by Crippen LogP contribution is 2.38. The van der Waals surface area contributed by atoms with Gasteiger partial charge in [0.15, 0.2) is 0 Å². The van der Waals surface area contributed by atoms with Gasteiger partial charge in [0.1, 0.15) is 11.4 Å². The molecule has 35 heavy (non-hydrogen) atoms. The van der Waals surface area contributed by atoms with Crippen molar-refractivity contribution in [3.63, 3.8) is 0 Å². The SMILES string of the molecule is CC1(C)C(=O)N(c2ccc(SC(F)(F)F)cc2)C(=O)N1Cc1ccnc(N)c1.O=C(O)C(F)(F)F. The van der Waals surface area contributed by atoms with Crippen molar-refractivity contribution >= 4 is 41.2 Å². The van der Waals surface area contributed by atoms with Gasteiger partial charge in [0.2, 0.25) is 0 Å². The number of rotatable bonds is 4. The van der Waals surface area contributed by atoms with Crippen LogP contribution in [0.4, 0.5) is 42.6 Å². The van der Waals surface area contributed by atoms with Crippen molar-refractivity contribution in [2.24, 2.45) is 0 Å². The van der Waals surface area contributed by atoms with E-state index in [4.69, 9.17) is 15.6 Å². The fourth-order valence-electron chi connectivity index (χ4n) is 2.90. The Balaban J connectivity index is 0.000000540. The second-order valence-electron chi connectivity index (χ2n) is 7.50. The molecule has 0 unspecified atom stereocenters. The average molecular weight is 524 g/mol. The molecule has 3 N–H and O–H groups in total. The maximum absolute atomic E-state index is 12.9.